The molecule has 1 aromatic carbocycles. The Hall–Kier alpha value is -3.26. The fourth-order valence-corrected chi connectivity index (χ4v) is 8.30. The van der Waals surface area contributed by atoms with Crippen LogP contribution in [0.25, 0.3) is 0 Å². The van der Waals surface area contributed by atoms with Crippen molar-refractivity contribution in [1.82, 2.24) is 25.6 Å². The quantitative estimate of drug-likeness (QED) is 0.402. The number of anilines is 1. The Morgan fingerprint density at radius 1 is 1.15 bits per heavy atom. The number of nitrogens with one attached hydrogen (secondary N) is 3. The van der Waals surface area contributed by atoms with Crippen LogP contribution in [0.1, 0.15) is 41.1 Å². The van der Waals surface area contributed by atoms with Crippen molar-refractivity contribution < 1.29 is 27.3 Å². The van der Waals surface area contributed by atoms with Crippen molar-refractivity contribution >= 4 is 45.3 Å². The number of hydrogen-bond acceptors (Lipinski definition) is 8. The molecular weight excluding hydrogens is 544 g/mol. The standard InChI is InChI=1S/C25H32N6O6S2/c1-15-23(16(2)37-28-15)39(35,36)29-18-6-3-5-17(13-18)24(33)31-11-9-30(10-12-31)21(32)8-4-7-20-22-19(14-38-20)26-25(34)27-22/h3,5-6,13,19-20,22,29H,4,7-12,14H2,1-2H3,(H2,26,27,34)/t19-,20-,22-/m0/s1. The van der Waals surface area contributed by atoms with Crippen LogP contribution < -0.4 is 15.4 Å². The van der Waals surface area contributed by atoms with Crippen molar-refractivity contribution in [1.29, 1.82) is 0 Å². The molecule has 3 saturated heterocycles. The molecule has 12 nitrogen and oxygen atoms in total. The number of aromatic nitrogens is 1. The average Bonchev–Trinajstić information content (AvgIpc) is 3.57. The molecule has 3 aliphatic rings. The zero-order valence-electron chi connectivity index (χ0n) is 21.8. The summed E-state index contributed by atoms with van der Waals surface area (Å²) in [4.78, 5) is 40.9. The van der Waals surface area contributed by atoms with Gasteiger partial charge in [-0.15, -0.1) is 0 Å². The van der Waals surface area contributed by atoms with Crippen molar-refractivity contribution in [2.45, 2.75) is 55.3 Å². The van der Waals surface area contributed by atoms with Crippen LogP contribution in [0.5, 0.6) is 0 Å². The minimum atomic E-state index is -3.93. The van der Waals surface area contributed by atoms with E-state index >= 15 is 0 Å². The highest BCUT2D eigenvalue weighted by Gasteiger charge is 2.42. The Morgan fingerprint density at radius 3 is 2.62 bits per heavy atom. The maximum Gasteiger partial charge on any atom is 0.315 e. The lowest BCUT2D eigenvalue weighted by molar-refractivity contribution is -0.132. The van der Waals surface area contributed by atoms with E-state index in [2.05, 4.69) is 20.5 Å². The van der Waals surface area contributed by atoms with Crippen LogP contribution in [0, 0.1) is 13.8 Å². The first kappa shape index (κ1) is 27.3. The predicted molar refractivity (Wildman–Crippen MR) is 145 cm³/mol. The van der Waals surface area contributed by atoms with Gasteiger partial charge in [0.05, 0.1) is 12.1 Å². The number of sulfonamides is 1. The number of carbonyl (C=O) groups is 3. The predicted octanol–water partition coefficient (Wildman–Crippen LogP) is 1.71. The van der Waals surface area contributed by atoms with Gasteiger partial charge in [0.1, 0.15) is 5.69 Å². The first-order valence-electron chi connectivity index (χ1n) is 12.9. The molecule has 2 aromatic rings. The van der Waals surface area contributed by atoms with E-state index in [9.17, 15) is 22.8 Å². The van der Waals surface area contributed by atoms with E-state index in [-0.39, 0.29) is 52.0 Å². The van der Waals surface area contributed by atoms with E-state index in [1.165, 1.54) is 13.0 Å². The van der Waals surface area contributed by atoms with E-state index in [4.69, 9.17) is 4.52 Å². The van der Waals surface area contributed by atoms with E-state index in [1.54, 1.807) is 34.9 Å². The maximum absolute atomic E-state index is 13.1. The molecule has 14 heteroatoms. The molecule has 1 aromatic heterocycles. The third-order valence-corrected chi connectivity index (χ3v) is 10.5. The molecular formula is C25H32N6O6S2. The molecule has 3 fully saturated rings. The zero-order valence-corrected chi connectivity index (χ0v) is 23.4. The Bertz CT molecular complexity index is 1350. The monoisotopic (exact) mass is 576 g/mol. The van der Waals surface area contributed by atoms with Crippen molar-refractivity contribution in [2.24, 2.45) is 0 Å². The number of carbonyl (C=O) groups excluding carboxylic acids is 3. The summed E-state index contributed by atoms with van der Waals surface area (Å²) in [5.41, 5.74) is 0.870. The number of thioether (sulfide) groups is 1. The fourth-order valence-electron chi connectivity index (χ4n) is 5.38. The lowest BCUT2D eigenvalue weighted by Crippen LogP contribution is -2.50. The van der Waals surface area contributed by atoms with Crippen molar-refractivity contribution in [3.05, 3.63) is 41.3 Å². The Morgan fingerprint density at radius 2 is 1.90 bits per heavy atom. The Kier molecular flexibility index (Phi) is 7.76. The summed E-state index contributed by atoms with van der Waals surface area (Å²) >= 11 is 1.84. The van der Waals surface area contributed by atoms with Gasteiger partial charge in [-0.1, -0.05) is 11.2 Å². The highest BCUT2D eigenvalue weighted by Crippen LogP contribution is 2.33. The van der Waals surface area contributed by atoms with Crippen LogP contribution in [0.15, 0.2) is 33.7 Å². The molecule has 3 aliphatic heterocycles. The molecule has 0 spiro atoms. The van der Waals surface area contributed by atoms with Gasteiger partial charge in [-0.3, -0.25) is 14.3 Å². The Balaban J connectivity index is 1.10. The van der Waals surface area contributed by atoms with Gasteiger partial charge in [0.25, 0.3) is 15.9 Å². The number of piperazine rings is 1. The number of rotatable bonds is 8. The molecule has 4 amide bonds. The van der Waals surface area contributed by atoms with Gasteiger partial charge in [0.15, 0.2) is 10.7 Å². The molecule has 0 saturated carbocycles. The Labute approximate surface area is 231 Å². The minimum absolute atomic E-state index is 0.0199. The highest BCUT2D eigenvalue weighted by molar-refractivity contribution is 8.00. The second-order valence-electron chi connectivity index (χ2n) is 10.0. The van der Waals surface area contributed by atoms with Gasteiger partial charge in [0.2, 0.25) is 5.91 Å². The molecule has 3 atom stereocenters. The molecule has 4 heterocycles. The van der Waals surface area contributed by atoms with Crippen molar-refractivity contribution in [3.63, 3.8) is 0 Å². The van der Waals surface area contributed by atoms with Gasteiger partial charge >= 0.3 is 6.03 Å². The van der Waals surface area contributed by atoms with Crippen LogP contribution in [-0.4, -0.2) is 90.5 Å². The average molecular weight is 577 g/mol. The van der Waals surface area contributed by atoms with Gasteiger partial charge in [-0.05, 0) is 44.9 Å². The van der Waals surface area contributed by atoms with Crippen LogP contribution in [0.3, 0.4) is 0 Å². The number of nitrogens with zero attached hydrogens (tertiary/aromatic N) is 3. The summed E-state index contributed by atoms with van der Waals surface area (Å²) < 4.78 is 33.1. The van der Waals surface area contributed by atoms with Gasteiger partial charge < -0.3 is 25.0 Å². The number of fused-ring (bicyclic) bond motifs is 1. The SMILES string of the molecule is Cc1noc(C)c1S(=O)(=O)Nc1cccc(C(=O)N2CCN(C(=O)CCC[C@@H]3SC[C@@H]4NC(=O)N[C@@H]43)CC2)c1. The number of benzene rings is 1. The normalized spacial score (nSPS) is 22.8. The molecule has 5 rings (SSSR count). The van der Waals surface area contributed by atoms with Gasteiger partial charge in [0, 0.05) is 54.9 Å². The third-order valence-electron chi connectivity index (χ3n) is 7.34. The molecule has 0 bridgehead atoms. The molecule has 39 heavy (non-hydrogen) atoms. The summed E-state index contributed by atoms with van der Waals surface area (Å²) in [7, 11) is -3.93. The van der Waals surface area contributed by atoms with E-state index < -0.39 is 10.0 Å². The summed E-state index contributed by atoms with van der Waals surface area (Å²) in [5.74, 6) is 0.936. The van der Waals surface area contributed by atoms with Gasteiger partial charge in [-0.2, -0.15) is 11.8 Å². The van der Waals surface area contributed by atoms with E-state index in [0.717, 1.165) is 18.6 Å². The molecule has 210 valence electrons. The smallest absolute Gasteiger partial charge is 0.315 e. The second kappa shape index (κ2) is 11.1. The van der Waals surface area contributed by atoms with E-state index in [1.807, 2.05) is 11.8 Å². The number of aryl methyl sites for hydroxylation is 2. The molecule has 3 N–H and O–H groups in total. The summed E-state index contributed by atoms with van der Waals surface area (Å²) in [6.45, 7) is 4.78. The largest absolute Gasteiger partial charge is 0.360 e. The summed E-state index contributed by atoms with van der Waals surface area (Å²) in [6, 6.07) is 6.54. The first-order chi connectivity index (χ1) is 18.6. The maximum atomic E-state index is 13.1. The second-order valence-corrected chi connectivity index (χ2v) is 12.9. The summed E-state index contributed by atoms with van der Waals surface area (Å²) in [5, 5.41) is 9.93. The first-order valence-corrected chi connectivity index (χ1v) is 15.5. The number of hydrogen-bond donors (Lipinski definition) is 3. The lowest BCUT2D eigenvalue weighted by atomic mass is 10.0. The fraction of sp³-hybridized carbons (Fsp3) is 0.520. The molecule has 0 radical (unpaired) electrons. The summed E-state index contributed by atoms with van der Waals surface area (Å²) in [6.07, 6.45) is 2.07. The third kappa shape index (κ3) is 5.86. The minimum Gasteiger partial charge on any atom is -0.360 e. The van der Waals surface area contributed by atoms with Crippen LogP contribution in [0.2, 0.25) is 0 Å². The van der Waals surface area contributed by atoms with Gasteiger partial charge in [-0.25, -0.2) is 13.2 Å². The van der Waals surface area contributed by atoms with Crippen LogP contribution in [0.4, 0.5) is 10.5 Å². The number of amides is 4. The topological polar surface area (TPSA) is 154 Å². The van der Waals surface area contributed by atoms with Crippen molar-refractivity contribution in [3.8, 4) is 0 Å². The number of urea groups is 1. The highest BCUT2D eigenvalue weighted by atomic mass is 32.2. The van der Waals surface area contributed by atoms with E-state index in [0.29, 0.717) is 43.4 Å². The molecule has 0 unspecified atom stereocenters. The zero-order chi connectivity index (χ0) is 27.7. The lowest BCUT2D eigenvalue weighted by Gasteiger charge is -2.35. The van der Waals surface area contributed by atoms with Crippen LogP contribution >= 0.6 is 11.8 Å². The van der Waals surface area contributed by atoms with Crippen LogP contribution in [-0.2, 0) is 14.8 Å². The molecule has 0 aliphatic carbocycles. The van der Waals surface area contributed by atoms with Crippen molar-refractivity contribution in [2.75, 3.05) is 36.7 Å².